The van der Waals surface area contributed by atoms with Gasteiger partial charge in [-0.05, 0) is 25.1 Å². The normalized spacial score (nSPS) is 11.5. The molecule has 0 aromatic heterocycles. The summed E-state index contributed by atoms with van der Waals surface area (Å²) in [5, 5.41) is 16.3. The summed E-state index contributed by atoms with van der Waals surface area (Å²) in [5.41, 5.74) is 0.131. The Bertz CT molecular complexity index is 475. The molecule has 0 amide bonds. The molecule has 0 bridgehead atoms. The summed E-state index contributed by atoms with van der Waals surface area (Å²) in [5.74, 6) is -0.379. The summed E-state index contributed by atoms with van der Waals surface area (Å²) >= 11 is 0. The predicted molar refractivity (Wildman–Crippen MR) is 65.4 cm³/mol. The molecule has 0 heterocycles. The van der Waals surface area contributed by atoms with Gasteiger partial charge in [0.25, 0.3) is 0 Å². The zero-order valence-corrected chi connectivity index (χ0v) is 9.38. The summed E-state index contributed by atoms with van der Waals surface area (Å²) in [6.07, 6.45) is 5.79. The SMILES string of the molecule is C/C=C\C=C(/C=N)C(=O)Oc1cccc(O)c1. The fourth-order valence-corrected chi connectivity index (χ4v) is 1.09. The number of ether oxygens (including phenoxy) is 1. The van der Waals surface area contributed by atoms with Gasteiger partial charge in [0.05, 0.1) is 5.57 Å². The van der Waals surface area contributed by atoms with Crippen LogP contribution in [0.4, 0.5) is 0 Å². The first kappa shape index (κ1) is 12.7. The second kappa shape index (κ2) is 6.27. The molecule has 0 saturated carbocycles. The number of phenolic OH excluding ortho intramolecular Hbond substituents is 1. The minimum absolute atomic E-state index is 0.0177. The molecule has 0 aliphatic carbocycles. The number of carbonyl (C=O) groups is 1. The predicted octanol–water partition coefficient (Wildman–Crippen LogP) is 2.45. The summed E-state index contributed by atoms with van der Waals surface area (Å²) in [7, 11) is 0. The van der Waals surface area contributed by atoms with Gasteiger partial charge in [0, 0.05) is 12.3 Å². The van der Waals surface area contributed by atoms with E-state index in [-0.39, 0.29) is 17.1 Å². The van der Waals surface area contributed by atoms with Gasteiger partial charge in [-0.15, -0.1) is 0 Å². The first-order valence-corrected chi connectivity index (χ1v) is 5.02. The lowest BCUT2D eigenvalue weighted by Crippen LogP contribution is -2.11. The number of allylic oxidation sites excluding steroid dienone is 3. The number of rotatable bonds is 4. The Hall–Kier alpha value is -2.36. The number of phenols is 1. The molecule has 0 spiro atoms. The van der Waals surface area contributed by atoms with E-state index in [1.807, 2.05) is 0 Å². The molecule has 0 aliphatic heterocycles. The Morgan fingerprint density at radius 2 is 2.24 bits per heavy atom. The van der Waals surface area contributed by atoms with Crippen LogP contribution < -0.4 is 4.74 Å². The molecule has 0 unspecified atom stereocenters. The van der Waals surface area contributed by atoms with E-state index >= 15 is 0 Å². The molecule has 1 rings (SSSR count). The molecule has 17 heavy (non-hydrogen) atoms. The topological polar surface area (TPSA) is 70.4 Å². The number of benzene rings is 1. The average Bonchev–Trinajstić information content (AvgIpc) is 2.30. The summed E-state index contributed by atoms with van der Waals surface area (Å²) < 4.78 is 4.99. The molecular formula is C13H13NO3. The van der Waals surface area contributed by atoms with Crippen LogP contribution in [-0.2, 0) is 4.79 Å². The first-order valence-electron chi connectivity index (χ1n) is 5.02. The third-order valence-electron chi connectivity index (χ3n) is 1.89. The maximum atomic E-state index is 11.6. The van der Waals surface area contributed by atoms with Crippen LogP contribution in [0, 0.1) is 5.41 Å². The molecule has 0 fully saturated rings. The summed E-state index contributed by atoms with van der Waals surface area (Å²) in [4.78, 5) is 11.6. The number of aromatic hydroxyl groups is 1. The van der Waals surface area contributed by atoms with Gasteiger partial charge < -0.3 is 15.3 Å². The molecule has 0 saturated heterocycles. The van der Waals surface area contributed by atoms with Gasteiger partial charge in [0.2, 0.25) is 0 Å². The van der Waals surface area contributed by atoms with E-state index in [0.717, 1.165) is 6.21 Å². The lowest BCUT2D eigenvalue weighted by molar-refractivity contribution is -0.129. The van der Waals surface area contributed by atoms with Gasteiger partial charge in [0.15, 0.2) is 0 Å². The van der Waals surface area contributed by atoms with Crippen molar-refractivity contribution in [2.45, 2.75) is 6.92 Å². The van der Waals surface area contributed by atoms with E-state index in [1.165, 1.54) is 18.2 Å². The summed E-state index contributed by atoms with van der Waals surface area (Å²) in [6.45, 7) is 1.80. The van der Waals surface area contributed by atoms with Crippen molar-refractivity contribution in [1.82, 2.24) is 0 Å². The lowest BCUT2D eigenvalue weighted by Gasteiger charge is -2.04. The molecule has 0 aliphatic rings. The number of nitrogens with one attached hydrogen (secondary N) is 1. The highest BCUT2D eigenvalue weighted by Gasteiger charge is 2.09. The van der Waals surface area contributed by atoms with E-state index in [4.69, 9.17) is 10.1 Å². The summed E-state index contributed by atoms with van der Waals surface area (Å²) in [6, 6.07) is 5.92. The minimum atomic E-state index is -0.635. The van der Waals surface area contributed by atoms with Crippen LogP contribution in [0.25, 0.3) is 0 Å². The van der Waals surface area contributed by atoms with Crippen molar-refractivity contribution in [2.75, 3.05) is 0 Å². The van der Waals surface area contributed by atoms with Crippen molar-refractivity contribution in [2.24, 2.45) is 0 Å². The zero-order valence-electron chi connectivity index (χ0n) is 9.38. The molecule has 1 aromatic rings. The Morgan fingerprint density at radius 1 is 1.47 bits per heavy atom. The van der Waals surface area contributed by atoms with Crippen molar-refractivity contribution in [1.29, 1.82) is 5.41 Å². The molecule has 2 N–H and O–H groups in total. The van der Waals surface area contributed by atoms with Gasteiger partial charge in [0.1, 0.15) is 11.5 Å². The van der Waals surface area contributed by atoms with Crippen LogP contribution in [0.15, 0.2) is 48.1 Å². The Balaban J connectivity index is 2.81. The third kappa shape index (κ3) is 3.95. The lowest BCUT2D eigenvalue weighted by atomic mass is 10.2. The fraction of sp³-hybridized carbons (Fsp3) is 0.0769. The zero-order chi connectivity index (χ0) is 12.7. The van der Waals surface area contributed by atoms with Crippen molar-refractivity contribution < 1.29 is 14.6 Å². The number of hydrogen-bond donors (Lipinski definition) is 2. The van der Waals surface area contributed by atoms with Gasteiger partial charge in [-0.2, -0.15) is 0 Å². The molecule has 0 atom stereocenters. The maximum absolute atomic E-state index is 11.6. The Morgan fingerprint density at radius 3 is 2.82 bits per heavy atom. The molecule has 4 nitrogen and oxygen atoms in total. The van der Waals surface area contributed by atoms with Gasteiger partial charge in [-0.25, -0.2) is 4.79 Å². The second-order valence-electron chi connectivity index (χ2n) is 3.18. The van der Waals surface area contributed by atoms with Crippen LogP contribution in [-0.4, -0.2) is 17.3 Å². The molecule has 4 heteroatoms. The third-order valence-corrected chi connectivity index (χ3v) is 1.89. The quantitative estimate of drug-likeness (QED) is 0.275. The Labute approximate surface area is 99.4 Å². The first-order chi connectivity index (χ1) is 8.17. The van der Waals surface area contributed by atoms with E-state index < -0.39 is 5.97 Å². The van der Waals surface area contributed by atoms with Crippen LogP contribution in [0.1, 0.15) is 6.92 Å². The highest BCUT2D eigenvalue weighted by atomic mass is 16.5. The van der Waals surface area contributed by atoms with E-state index in [1.54, 1.807) is 31.2 Å². The smallest absolute Gasteiger partial charge is 0.345 e. The fourth-order valence-electron chi connectivity index (χ4n) is 1.09. The minimum Gasteiger partial charge on any atom is -0.508 e. The highest BCUT2D eigenvalue weighted by molar-refractivity contribution is 6.09. The highest BCUT2D eigenvalue weighted by Crippen LogP contribution is 2.18. The van der Waals surface area contributed by atoms with Gasteiger partial charge in [-0.1, -0.05) is 18.2 Å². The molecule has 0 radical (unpaired) electrons. The van der Waals surface area contributed by atoms with E-state index in [9.17, 15) is 9.90 Å². The van der Waals surface area contributed by atoms with Crippen molar-refractivity contribution in [3.05, 3.63) is 48.1 Å². The second-order valence-corrected chi connectivity index (χ2v) is 3.18. The van der Waals surface area contributed by atoms with Crippen LogP contribution >= 0.6 is 0 Å². The monoisotopic (exact) mass is 231 g/mol. The van der Waals surface area contributed by atoms with Crippen LogP contribution in [0.3, 0.4) is 0 Å². The largest absolute Gasteiger partial charge is 0.508 e. The number of hydrogen-bond acceptors (Lipinski definition) is 4. The van der Waals surface area contributed by atoms with Crippen molar-refractivity contribution in [3.8, 4) is 11.5 Å². The van der Waals surface area contributed by atoms with E-state index in [0.29, 0.717) is 0 Å². The molecular weight excluding hydrogens is 218 g/mol. The Kier molecular flexibility index (Phi) is 4.69. The van der Waals surface area contributed by atoms with Gasteiger partial charge in [-0.3, -0.25) is 0 Å². The molecule has 88 valence electrons. The van der Waals surface area contributed by atoms with Crippen LogP contribution in [0.5, 0.6) is 11.5 Å². The standard InChI is InChI=1S/C13H13NO3/c1-2-3-5-10(9-14)13(16)17-12-7-4-6-11(15)8-12/h2-9,14-15H,1H3/b3-2-,10-5+,14-9?. The number of esters is 1. The van der Waals surface area contributed by atoms with Crippen molar-refractivity contribution in [3.63, 3.8) is 0 Å². The van der Waals surface area contributed by atoms with Crippen molar-refractivity contribution >= 4 is 12.2 Å². The average molecular weight is 231 g/mol. The number of carbonyl (C=O) groups excluding carboxylic acids is 1. The van der Waals surface area contributed by atoms with Gasteiger partial charge >= 0.3 is 5.97 Å². The maximum Gasteiger partial charge on any atom is 0.345 e. The van der Waals surface area contributed by atoms with Crippen LogP contribution in [0.2, 0.25) is 0 Å². The van der Waals surface area contributed by atoms with E-state index in [2.05, 4.69) is 0 Å². The molecule has 1 aromatic carbocycles.